The summed E-state index contributed by atoms with van der Waals surface area (Å²) in [6, 6.07) is 15.9. The van der Waals surface area contributed by atoms with Gasteiger partial charge in [-0.2, -0.15) is 0 Å². The number of aliphatic hydroxyl groups is 1. The number of likely N-dealkylation sites (tertiary alicyclic amines) is 1. The molecule has 67 heavy (non-hydrogen) atoms. The number of benzene rings is 2. The van der Waals surface area contributed by atoms with Crippen molar-refractivity contribution in [2.45, 2.75) is 137 Å². The first kappa shape index (κ1) is 59.8. The van der Waals surface area contributed by atoms with E-state index in [1.165, 1.54) is 23.1 Å². The van der Waals surface area contributed by atoms with Crippen molar-refractivity contribution in [2.24, 2.45) is 11.8 Å². The van der Waals surface area contributed by atoms with Crippen molar-refractivity contribution in [2.75, 3.05) is 39.9 Å². The van der Waals surface area contributed by atoms with E-state index in [1.807, 2.05) is 51.7 Å². The fourth-order valence-corrected chi connectivity index (χ4v) is 8.60. The highest BCUT2D eigenvalue weighted by Gasteiger charge is 2.28. The molecule has 5 atom stereocenters. The number of nitrogens with zero attached hydrogens (tertiary/aromatic N) is 2. The summed E-state index contributed by atoms with van der Waals surface area (Å²) < 4.78 is 0. The highest BCUT2D eigenvalue weighted by atomic mass is 31.1. The minimum atomic E-state index is -0.974. The summed E-state index contributed by atoms with van der Waals surface area (Å²) >= 11 is 0. The van der Waals surface area contributed by atoms with E-state index in [0.717, 1.165) is 52.9 Å². The Hall–Kier alpha value is -5.20. The molecule has 14 nitrogen and oxygen atoms in total. The third kappa shape index (κ3) is 24.9. The number of amides is 6. The van der Waals surface area contributed by atoms with Crippen LogP contribution in [0.2, 0.25) is 0 Å². The summed E-state index contributed by atoms with van der Waals surface area (Å²) in [6.07, 6.45) is 13.4. The van der Waals surface area contributed by atoms with Gasteiger partial charge in [0.2, 0.25) is 35.8 Å². The maximum absolute atomic E-state index is 12.4. The normalized spacial score (nSPS) is 15.5. The van der Waals surface area contributed by atoms with Crippen LogP contribution in [0, 0.1) is 11.8 Å². The van der Waals surface area contributed by atoms with Crippen LogP contribution in [-0.4, -0.2) is 114 Å². The first-order valence-electron chi connectivity index (χ1n) is 23.6. The number of ketones is 1. The van der Waals surface area contributed by atoms with Gasteiger partial charge in [-0.3, -0.25) is 33.6 Å². The lowest BCUT2D eigenvalue weighted by molar-refractivity contribution is -0.140. The zero-order chi connectivity index (χ0) is 50.5. The van der Waals surface area contributed by atoms with Crippen LogP contribution in [0.1, 0.15) is 123 Å². The van der Waals surface area contributed by atoms with Crippen LogP contribution in [0.5, 0.6) is 0 Å². The molecule has 0 bridgehead atoms. The van der Waals surface area contributed by atoms with Crippen molar-refractivity contribution >= 4 is 50.3 Å². The zero-order valence-electron chi connectivity index (χ0n) is 41.9. The maximum Gasteiger partial charge on any atom is 0.290 e. The van der Waals surface area contributed by atoms with Crippen molar-refractivity contribution in [3.8, 4) is 0 Å². The van der Waals surface area contributed by atoms with Gasteiger partial charge >= 0.3 is 0 Å². The first-order chi connectivity index (χ1) is 31.7. The molecule has 5 N–H and O–H groups in total. The molecule has 2 aliphatic rings. The maximum atomic E-state index is 12.4. The molecule has 2 aromatic carbocycles. The van der Waals surface area contributed by atoms with E-state index >= 15 is 0 Å². The summed E-state index contributed by atoms with van der Waals surface area (Å²) in [5, 5.41) is 20.5. The fraction of sp³-hybridized carbons (Fsp3) is 0.558. The van der Waals surface area contributed by atoms with Crippen molar-refractivity contribution < 1.29 is 38.7 Å². The van der Waals surface area contributed by atoms with Crippen LogP contribution in [0.3, 0.4) is 0 Å². The summed E-state index contributed by atoms with van der Waals surface area (Å²) in [7, 11) is 3.96. The number of hydrogen-bond acceptors (Lipinski definition) is 8. The predicted octanol–water partition coefficient (Wildman–Crippen LogP) is 6.42. The van der Waals surface area contributed by atoms with E-state index in [-0.39, 0.29) is 30.2 Å². The van der Waals surface area contributed by atoms with E-state index < -0.39 is 41.8 Å². The average molecular weight is 949 g/mol. The Kier molecular flexibility index (Phi) is 29.0. The number of likely N-dealkylation sites (N-methyl/N-ethyl adjacent to an activating group) is 1. The molecule has 0 spiro atoms. The Balaban J connectivity index is 0.000000488. The average Bonchev–Trinajstić information content (AvgIpc) is 3.90. The number of hydrogen-bond donors (Lipinski definition) is 5. The molecule has 1 fully saturated rings. The molecule has 1 aliphatic heterocycles. The highest BCUT2D eigenvalue weighted by Crippen LogP contribution is 2.27. The SMILES string of the molecule is C/C=C\C(C)CC(=O)NCC(=O)N1CCCC1C.C=C(CC)PCCC(C)(C)O.CC1Cc2ccccc2C1.CCCC(NC=O)C(=O)C(=O)NCC(=O)NC(C(=O)N(C)C)c1ccccc1. The Labute approximate surface area is 402 Å². The van der Waals surface area contributed by atoms with Gasteiger partial charge in [0.05, 0.1) is 24.7 Å². The van der Waals surface area contributed by atoms with Crippen LogP contribution in [0.15, 0.2) is 78.6 Å². The van der Waals surface area contributed by atoms with Gasteiger partial charge in [-0.15, -0.1) is 0 Å². The van der Waals surface area contributed by atoms with Gasteiger partial charge in [0.25, 0.3) is 5.91 Å². The standard InChI is InChI=1S/C19H26N4O5.C14H24N2O2.C10H12.C9H19OP/c1-4-8-14(21-12-24)17(26)18(27)20-11-15(25)22-16(19(28)23(2)3)13-9-6-5-7-10-13;1-4-6-11(2)9-13(17)15-10-14(18)16-8-5-7-12(16)3;1-8-6-9-4-2-3-5-10(9)7-8;1-5-8(2)11-7-6-9(3,4)10/h5-7,9-10,12,14,16H,4,8,11H2,1-3H3,(H,20,27)(H,21,24)(H,22,25);4,6,11-12H,5,7-10H2,1-3H3,(H,15,17);2-5,8H,6-7H2,1H3;10-11H,2,5-7H2,1,3-4H3/b;6-4-;;. The summed E-state index contributed by atoms with van der Waals surface area (Å²) in [5.41, 5.74) is 3.22. The van der Waals surface area contributed by atoms with Gasteiger partial charge in [0.15, 0.2) is 0 Å². The molecule has 1 aliphatic carbocycles. The summed E-state index contributed by atoms with van der Waals surface area (Å²) in [6.45, 7) is 20.3. The number of fused-ring (bicyclic) bond motifs is 1. The second-order valence-electron chi connectivity index (χ2n) is 18.1. The highest BCUT2D eigenvalue weighted by molar-refractivity contribution is 7.42. The fourth-order valence-electron chi connectivity index (χ4n) is 7.26. The molecule has 1 saturated heterocycles. The van der Waals surface area contributed by atoms with Crippen LogP contribution in [0.25, 0.3) is 0 Å². The molecule has 2 aromatic rings. The molecule has 4 rings (SSSR count). The molecule has 372 valence electrons. The van der Waals surface area contributed by atoms with Crippen molar-refractivity contribution in [1.82, 2.24) is 31.1 Å². The molecule has 6 amide bonds. The first-order valence-corrected chi connectivity index (χ1v) is 24.8. The lowest BCUT2D eigenvalue weighted by atomic mass is 10.1. The Bertz CT molecular complexity index is 1870. The molecule has 15 heteroatoms. The zero-order valence-corrected chi connectivity index (χ0v) is 42.9. The minimum Gasteiger partial charge on any atom is -0.390 e. The van der Waals surface area contributed by atoms with Crippen LogP contribution in [-0.2, 0) is 46.4 Å². The summed E-state index contributed by atoms with van der Waals surface area (Å²) in [4.78, 5) is 85.9. The van der Waals surface area contributed by atoms with Crippen LogP contribution >= 0.6 is 8.58 Å². The van der Waals surface area contributed by atoms with E-state index in [0.29, 0.717) is 37.3 Å². The van der Waals surface area contributed by atoms with Crippen molar-refractivity contribution in [1.29, 1.82) is 0 Å². The Morgan fingerprint density at radius 3 is 2.06 bits per heavy atom. The molecule has 0 saturated carbocycles. The topological polar surface area (TPSA) is 194 Å². The Morgan fingerprint density at radius 2 is 1.55 bits per heavy atom. The largest absolute Gasteiger partial charge is 0.390 e. The van der Waals surface area contributed by atoms with Crippen LogP contribution < -0.4 is 21.3 Å². The van der Waals surface area contributed by atoms with E-state index in [4.69, 9.17) is 0 Å². The number of nitrogens with one attached hydrogen (secondary N) is 4. The smallest absolute Gasteiger partial charge is 0.290 e. The molecule has 0 radical (unpaired) electrons. The lowest BCUT2D eigenvalue weighted by Crippen LogP contribution is -2.48. The van der Waals surface area contributed by atoms with Gasteiger partial charge in [0.1, 0.15) is 6.04 Å². The van der Waals surface area contributed by atoms with Gasteiger partial charge in [0, 0.05) is 33.1 Å². The number of allylic oxidation sites excluding steroid dienone is 3. The lowest BCUT2D eigenvalue weighted by Gasteiger charge is -2.22. The second-order valence-corrected chi connectivity index (χ2v) is 19.7. The minimum absolute atomic E-state index is 0.0343. The number of carbonyl (C=O) groups is 7. The molecular formula is C52H81N6O8P. The number of Topliss-reactive ketones (excluding diaryl/α,β-unsaturated/α-hetero) is 1. The predicted molar refractivity (Wildman–Crippen MR) is 270 cm³/mol. The van der Waals surface area contributed by atoms with Gasteiger partial charge in [-0.1, -0.05) is 121 Å². The number of carbonyl (C=O) groups excluding carboxylic acids is 7. The van der Waals surface area contributed by atoms with E-state index in [9.17, 15) is 38.7 Å². The quantitative estimate of drug-likeness (QED) is 0.0410. The van der Waals surface area contributed by atoms with Crippen molar-refractivity contribution in [3.63, 3.8) is 0 Å². The van der Waals surface area contributed by atoms with Crippen molar-refractivity contribution in [3.05, 3.63) is 95.3 Å². The van der Waals surface area contributed by atoms with Gasteiger partial charge in [-0.05, 0) is 107 Å². The Morgan fingerprint density at radius 1 is 0.940 bits per heavy atom. The molecule has 5 unspecified atom stereocenters. The van der Waals surface area contributed by atoms with Gasteiger partial charge < -0.3 is 36.2 Å². The third-order valence-corrected chi connectivity index (χ3v) is 12.4. The van der Waals surface area contributed by atoms with Crippen LogP contribution in [0.4, 0.5) is 0 Å². The second kappa shape index (κ2) is 32.5. The molecular weight excluding hydrogens is 868 g/mol. The third-order valence-electron chi connectivity index (χ3n) is 11.1. The van der Waals surface area contributed by atoms with Gasteiger partial charge in [-0.25, -0.2) is 0 Å². The van der Waals surface area contributed by atoms with E-state index in [2.05, 4.69) is 72.9 Å². The molecule has 0 aromatic heterocycles. The van der Waals surface area contributed by atoms with E-state index in [1.54, 1.807) is 55.6 Å². The molecule has 1 heterocycles. The monoisotopic (exact) mass is 949 g/mol. The summed E-state index contributed by atoms with van der Waals surface area (Å²) in [5.74, 6) is -1.69. The number of rotatable bonds is 21.